The highest BCUT2D eigenvalue weighted by Gasteiger charge is 2.32. The van der Waals surface area contributed by atoms with E-state index in [0.717, 1.165) is 21.9 Å². The maximum absolute atomic E-state index is 12.3. The number of anilines is 1. The minimum Gasteiger partial charge on any atom is -0.322 e. The number of amides is 1. The molecule has 0 spiro atoms. The first-order valence-corrected chi connectivity index (χ1v) is 6.54. The standard InChI is InChI=1S/C13H8F3IN2O/c14-13(15,16)11-6-1-8(7-18-11)12(20)19-10-4-2-9(17)3-5-10/h1-7H,(H,19,20). The van der Waals surface area contributed by atoms with Crippen LogP contribution in [-0.2, 0) is 6.18 Å². The third kappa shape index (κ3) is 3.69. The number of carbonyl (C=O) groups is 1. The molecule has 1 N–H and O–H groups in total. The van der Waals surface area contributed by atoms with Crippen LogP contribution in [0.3, 0.4) is 0 Å². The van der Waals surface area contributed by atoms with E-state index in [2.05, 4.69) is 32.9 Å². The van der Waals surface area contributed by atoms with Gasteiger partial charge in [-0.1, -0.05) is 0 Å². The van der Waals surface area contributed by atoms with Crippen molar-refractivity contribution in [2.45, 2.75) is 6.18 Å². The lowest BCUT2D eigenvalue weighted by Gasteiger charge is -2.07. The molecule has 1 amide bonds. The highest BCUT2D eigenvalue weighted by Crippen LogP contribution is 2.27. The molecular formula is C13H8F3IN2O. The molecule has 0 aliphatic heterocycles. The van der Waals surface area contributed by atoms with Crippen LogP contribution >= 0.6 is 22.6 Å². The van der Waals surface area contributed by atoms with Gasteiger partial charge in [-0.25, -0.2) is 0 Å². The maximum Gasteiger partial charge on any atom is 0.433 e. The van der Waals surface area contributed by atoms with Gasteiger partial charge >= 0.3 is 6.18 Å². The molecule has 1 aromatic heterocycles. The van der Waals surface area contributed by atoms with Gasteiger partial charge in [-0.15, -0.1) is 0 Å². The molecule has 0 atom stereocenters. The molecule has 7 heteroatoms. The second-order valence-electron chi connectivity index (χ2n) is 3.89. The number of pyridine rings is 1. The first kappa shape index (κ1) is 14.8. The van der Waals surface area contributed by atoms with Gasteiger partial charge in [-0.05, 0) is 59.0 Å². The van der Waals surface area contributed by atoms with Crippen molar-refractivity contribution < 1.29 is 18.0 Å². The zero-order chi connectivity index (χ0) is 14.8. The summed E-state index contributed by atoms with van der Waals surface area (Å²) in [5, 5.41) is 2.58. The van der Waals surface area contributed by atoms with Crippen molar-refractivity contribution in [2.75, 3.05) is 5.32 Å². The predicted octanol–water partition coefficient (Wildman–Crippen LogP) is 3.96. The summed E-state index contributed by atoms with van der Waals surface area (Å²) in [7, 11) is 0. The van der Waals surface area contributed by atoms with Crippen LogP contribution in [0.1, 0.15) is 16.1 Å². The minimum atomic E-state index is -4.51. The third-order valence-electron chi connectivity index (χ3n) is 2.42. The maximum atomic E-state index is 12.3. The summed E-state index contributed by atoms with van der Waals surface area (Å²) in [6.07, 6.45) is -3.60. The summed E-state index contributed by atoms with van der Waals surface area (Å²) in [5.41, 5.74) is -0.393. The quantitative estimate of drug-likeness (QED) is 0.787. The van der Waals surface area contributed by atoms with Gasteiger partial charge < -0.3 is 5.32 Å². The molecule has 3 nitrogen and oxygen atoms in total. The Kier molecular flexibility index (Phi) is 4.26. The molecule has 2 aromatic rings. The molecule has 2 rings (SSSR count). The number of rotatable bonds is 2. The minimum absolute atomic E-state index is 0.0663. The zero-order valence-corrected chi connectivity index (χ0v) is 12.1. The average molecular weight is 392 g/mol. The highest BCUT2D eigenvalue weighted by molar-refractivity contribution is 14.1. The van der Waals surface area contributed by atoms with Crippen molar-refractivity contribution in [3.63, 3.8) is 0 Å². The first-order valence-electron chi connectivity index (χ1n) is 5.46. The number of nitrogens with one attached hydrogen (secondary N) is 1. The molecule has 20 heavy (non-hydrogen) atoms. The van der Waals surface area contributed by atoms with Gasteiger partial charge in [-0.2, -0.15) is 13.2 Å². The lowest BCUT2D eigenvalue weighted by Crippen LogP contribution is -2.14. The van der Waals surface area contributed by atoms with Crippen LogP contribution in [0.2, 0.25) is 0 Å². The smallest absolute Gasteiger partial charge is 0.322 e. The molecule has 0 radical (unpaired) electrons. The highest BCUT2D eigenvalue weighted by atomic mass is 127. The second-order valence-corrected chi connectivity index (χ2v) is 5.14. The third-order valence-corrected chi connectivity index (χ3v) is 3.14. The number of halogens is 4. The molecule has 0 fully saturated rings. The van der Waals surface area contributed by atoms with Crippen molar-refractivity contribution >= 4 is 34.2 Å². The summed E-state index contributed by atoms with van der Waals surface area (Å²) in [6.45, 7) is 0. The van der Waals surface area contributed by atoms with E-state index >= 15 is 0 Å². The second kappa shape index (κ2) is 5.78. The average Bonchev–Trinajstić information content (AvgIpc) is 2.40. The van der Waals surface area contributed by atoms with E-state index in [1.807, 2.05) is 0 Å². The Morgan fingerprint density at radius 1 is 1.10 bits per heavy atom. The number of alkyl halides is 3. The van der Waals surface area contributed by atoms with Crippen LogP contribution < -0.4 is 5.32 Å². The van der Waals surface area contributed by atoms with Crippen LogP contribution in [-0.4, -0.2) is 10.9 Å². The largest absolute Gasteiger partial charge is 0.433 e. The van der Waals surface area contributed by atoms with E-state index in [-0.39, 0.29) is 5.56 Å². The van der Waals surface area contributed by atoms with Crippen molar-refractivity contribution in [2.24, 2.45) is 0 Å². The van der Waals surface area contributed by atoms with Crippen molar-refractivity contribution in [3.8, 4) is 0 Å². The molecule has 0 saturated heterocycles. The van der Waals surface area contributed by atoms with E-state index in [0.29, 0.717) is 5.69 Å². The fourth-order valence-electron chi connectivity index (χ4n) is 1.43. The van der Waals surface area contributed by atoms with Gasteiger partial charge in [0.25, 0.3) is 5.91 Å². The van der Waals surface area contributed by atoms with E-state index in [1.165, 1.54) is 0 Å². The summed E-state index contributed by atoms with van der Waals surface area (Å²) >= 11 is 2.12. The fourth-order valence-corrected chi connectivity index (χ4v) is 1.79. The van der Waals surface area contributed by atoms with Crippen molar-refractivity contribution in [1.29, 1.82) is 0 Å². The Balaban J connectivity index is 2.11. The van der Waals surface area contributed by atoms with Gasteiger partial charge in [0, 0.05) is 15.5 Å². The molecule has 104 valence electrons. The lowest BCUT2D eigenvalue weighted by molar-refractivity contribution is -0.141. The van der Waals surface area contributed by atoms with Gasteiger partial charge in [0.2, 0.25) is 0 Å². The molecule has 0 bridgehead atoms. The van der Waals surface area contributed by atoms with Crippen molar-refractivity contribution in [3.05, 3.63) is 57.4 Å². The van der Waals surface area contributed by atoms with Crippen LogP contribution in [0.5, 0.6) is 0 Å². The molecule has 0 saturated carbocycles. The van der Waals surface area contributed by atoms with Crippen LogP contribution in [0.15, 0.2) is 42.6 Å². The van der Waals surface area contributed by atoms with E-state index in [1.54, 1.807) is 24.3 Å². The predicted molar refractivity (Wildman–Crippen MR) is 76.4 cm³/mol. The van der Waals surface area contributed by atoms with Gasteiger partial charge in [0.1, 0.15) is 5.69 Å². The molecular weight excluding hydrogens is 384 g/mol. The number of hydrogen-bond donors (Lipinski definition) is 1. The van der Waals surface area contributed by atoms with Gasteiger partial charge in [-0.3, -0.25) is 9.78 Å². The Labute approximate surface area is 126 Å². The number of nitrogens with zero attached hydrogens (tertiary/aromatic N) is 1. The van der Waals surface area contributed by atoms with Crippen LogP contribution in [0.25, 0.3) is 0 Å². The summed E-state index contributed by atoms with van der Waals surface area (Å²) < 4.78 is 38.0. The molecule has 1 aromatic carbocycles. The van der Waals surface area contributed by atoms with E-state index < -0.39 is 17.8 Å². The van der Waals surface area contributed by atoms with E-state index in [9.17, 15) is 18.0 Å². The number of carbonyl (C=O) groups excluding carboxylic acids is 1. The Morgan fingerprint density at radius 3 is 2.25 bits per heavy atom. The molecule has 0 aliphatic rings. The summed E-state index contributed by atoms with van der Waals surface area (Å²) in [6, 6.07) is 8.90. The number of hydrogen-bond acceptors (Lipinski definition) is 2. The Morgan fingerprint density at radius 2 is 1.75 bits per heavy atom. The monoisotopic (exact) mass is 392 g/mol. The lowest BCUT2D eigenvalue weighted by atomic mass is 10.2. The summed E-state index contributed by atoms with van der Waals surface area (Å²) in [4.78, 5) is 15.1. The SMILES string of the molecule is O=C(Nc1ccc(I)cc1)c1ccc(C(F)(F)F)nc1. The van der Waals surface area contributed by atoms with Gasteiger partial charge in [0.05, 0.1) is 5.56 Å². The van der Waals surface area contributed by atoms with Gasteiger partial charge in [0.15, 0.2) is 0 Å². The Bertz CT molecular complexity index is 609. The molecule has 0 aliphatic carbocycles. The normalized spacial score (nSPS) is 11.2. The zero-order valence-electron chi connectivity index (χ0n) is 9.91. The Hall–Kier alpha value is -1.64. The topological polar surface area (TPSA) is 42.0 Å². The summed E-state index contributed by atoms with van der Waals surface area (Å²) in [5.74, 6) is -0.507. The van der Waals surface area contributed by atoms with E-state index in [4.69, 9.17) is 0 Å². The molecule has 0 unspecified atom stereocenters. The fraction of sp³-hybridized carbons (Fsp3) is 0.0769. The van der Waals surface area contributed by atoms with Crippen LogP contribution in [0.4, 0.5) is 18.9 Å². The van der Waals surface area contributed by atoms with Crippen LogP contribution in [0, 0.1) is 3.57 Å². The first-order chi connectivity index (χ1) is 9.36. The number of benzene rings is 1. The molecule has 1 heterocycles. The van der Waals surface area contributed by atoms with Crippen molar-refractivity contribution in [1.82, 2.24) is 4.98 Å². The number of aromatic nitrogens is 1.